The van der Waals surface area contributed by atoms with Crippen LogP contribution in [-0.2, 0) is 13.1 Å². The Morgan fingerprint density at radius 3 is 2.90 bits per heavy atom. The van der Waals surface area contributed by atoms with Gasteiger partial charge in [0.25, 0.3) is 0 Å². The lowest BCUT2D eigenvalue weighted by molar-refractivity contribution is 0.414. The molecule has 0 saturated carbocycles. The van der Waals surface area contributed by atoms with Crippen molar-refractivity contribution in [2.75, 3.05) is 26.1 Å². The van der Waals surface area contributed by atoms with Crippen molar-refractivity contribution in [1.29, 1.82) is 0 Å². The number of hydrogen-bond donors (Lipinski definition) is 1. The maximum absolute atomic E-state index is 5.26. The third-order valence-corrected chi connectivity index (χ3v) is 4.37. The van der Waals surface area contributed by atoms with E-state index in [9.17, 15) is 0 Å². The Kier molecular flexibility index (Phi) is 4.98. The molecule has 4 nitrogen and oxygen atoms in total. The van der Waals surface area contributed by atoms with Crippen LogP contribution in [0.2, 0.25) is 0 Å². The number of aryl methyl sites for hydroxylation is 1. The van der Waals surface area contributed by atoms with Crippen molar-refractivity contribution in [3.63, 3.8) is 0 Å². The number of nitrogens with zero attached hydrogens (tertiary/aromatic N) is 2. The first-order valence-corrected chi connectivity index (χ1v) is 7.40. The highest BCUT2D eigenvalue weighted by molar-refractivity contribution is 7.15. The summed E-state index contributed by atoms with van der Waals surface area (Å²) in [5.74, 6) is 0.891. The van der Waals surface area contributed by atoms with E-state index in [0.29, 0.717) is 0 Å². The van der Waals surface area contributed by atoms with Crippen LogP contribution in [0.5, 0.6) is 5.75 Å². The molecule has 0 saturated heterocycles. The minimum Gasteiger partial charge on any atom is -0.497 e. The molecule has 0 atom stereocenters. The summed E-state index contributed by atoms with van der Waals surface area (Å²) in [5, 5.41) is 4.23. The van der Waals surface area contributed by atoms with Crippen molar-refractivity contribution in [2.24, 2.45) is 0 Å². The molecule has 0 radical (unpaired) electrons. The number of nitrogens with one attached hydrogen (secondary N) is 1. The first-order chi connectivity index (χ1) is 9.63. The first-order valence-electron chi connectivity index (χ1n) is 6.59. The molecule has 1 heterocycles. The van der Waals surface area contributed by atoms with Crippen molar-refractivity contribution in [1.82, 2.24) is 10.3 Å². The van der Waals surface area contributed by atoms with Gasteiger partial charge in [-0.2, -0.15) is 0 Å². The summed E-state index contributed by atoms with van der Waals surface area (Å²) in [5.41, 5.74) is 2.33. The molecular formula is C15H21N3OS. The highest BCUT2D eigenvalue weighted by Crippen LogP contribution is 2.26. The molecule has 0 unspecified atom stereocenters. The summed E-state index contributed by atoms with van der Waals surface area (Å²) >= 11 is 1.74. The maximum atomic E-state index is 5.26. The third-order valence-electron chi connectivity index (χ3n) is 3.10. The second-order valence-electron chi connectivity index (χ2n) is 4.74. The minimum absolute atomic E-state index is 0.823. The second-order valence-corrected chi connectivity index (χ2v) is 5.81. The number of thiazole rings is 1. The van der Waals surface area contributed by atoms with Crippen LogP contribution in [0.15, 0.2) is 24.3 Å². The third kappa shape index (κ3) is 3.49. The Hall–Kier alpha value is -1.59. The van der Waals surface area contributed by atoms with E-state index in [1.807, 2.05) is 19.2 Å². The lowest BCUT2D eigenvalue weighted by Gasteiger charge is -2.16. The van der Waals surface area contributed by atoms with Crippen molar-refractivity contribution in [3.8, 4) is 5.75 Å². The number of benzene rings is 1. The summed E-state index contributed by atoms with van der Waals surface area (Å²) < 4.78 is 5.26. The van der Waals surface area contributed by atoms with Gasteiger partial charge in [0.15, 0.2) is 5.13 Å². The lowest BCUT2D eigenvalue weighted by atomic mass is 10.2. The molecule has 0 bridgehead atoms. The number of hydrogen-bond acceptors (Lipinski definition) is 5. The van der Waals surface area contributed by atoms with Crippen LogP contribution in [0, 0.1) is 6.92 Å². The van der Waals surface area contributed by atoms with Crippen molar-refractivity contribution >= 4 is 16.5 Å². The van der Waals surface area contributed by atoms with E-state index in [2.05, 4.69) is 41.3 Å². The average Bonchev–Trinajstić information content (AvgIpc) is 2.81. The van der Waals surface area contributed by atoms with Crippen molar-refractivity contribution < 1.29 is 4.74 Å². The van der Waals surface area contributed by atoms with Gasteiger partial charge in [0.1, 0.15) is 5.75 Å². The van der Waals surface area contributed by atoms with E-state index < -0.39 is 0 Å². The zero-order valence-electron chi connectivity index (χ0n) is 12.4. The Labute approximate surface area is 124 Å². The molecule has 1 aromatic carbocycles. The Balaban J connectivity index is 2.10. The smallest absolute Gasteiger partial charge is 0.185 e. The number of ether oxygens (including phenoxy) is 1. The van der Waals surface area contributed by atoms with Gasteiger partial charge in [-0.25, -0.2) is 4.98 Å². The number of rotatable bonds is 6. The second kappa shape index (κ2) is 6.72. The van der Waals surface area contributed by atoms with E-state index in [0.717, 1.165) is 29.7 Å². The van der Waals surface area contributed by atoms with Gasteiger partial charge in [0.2, 0.25) is 0 Å². The number of methoxy groups -OCH3 is 1. The number of aromatic nitrogens is 1. The Morgan fingerprint density at radius 1 is 1.40 bits per heavy atom. The summed E-state index contributed by atoms with van der Waals surface area (Å²) in [6.45, 7) is 3.76. The monoisotopic (exact) mass is 291 g/mol. The highest BCUT2D eigenvalue weighted by Gasteiger charge is 2.11. The van der Waals surface area contributed by atoms with Gasteiger partial charge in [-0.15, -0.1) is 11.3 Å². The Morgan fingerprint density at radius 2 is 2.20 bits per heavy atom. The lowest BCUT2D eigenvalue weighted by Crippen LogP contribution is -2.16. The predicted octanol–water partition coefficient (Wildman–Crippen LogP) is 2.82. The van der Waals surface area contributed by atoms with Crippen molar-refractivity contribution in [3.05, 3.63) is 40.4 Å². The molecule has 2 rings (SSSR count). The normalized spacial score (nSPS) is 10.6. The van der Waals surface area contributed by atoms with Crippen LogP contribution in [0.1, 0.15) is 16.1 Å². The van der Waals surface area contributed by atoms with E-state index in [4.69, 9.17) is 4.74 Å². The van der Waals surface area contributed by atoms with Gasteiger partial charge < -0.3 is 15.0 Å². The minimum atomic E-state index is 0.823. The van der Waals surface area contributed by atoms with Crippen LogP contribution in [0.25, 0.3) is 0 Å². The topological polar surface area (TPSA) is 37.4 Å². The van der Waals surface area contributed by atoms with Crippen LogP contribution in [-0.4, -0.2) is 26.2 Å². The van der Waals surface area contributed by atoms with Gasteiger partial charge in [-0.3, -0.25) is 0 Å². The van der Waals surface area contributed by atoms with Gasteiger partial charge in [-0.05, 0) is 31.7 Å². The van der Waals surface area contributed by atoms with Crippen LogP contribution in [0.4, 0.5) is 5.13 Å². The quantitative estimate of drug-likeness (QED) is 0.888. The fraction of sp³-hybridized carbons (Fsp3) is 0.400. The molecule has 0 spiro atoms. The Bertz CT molecular complexity index is 568. The molecule has 0 aliphatic rings. The molecule has 1 N–H and O–H groups in total. The number of anilines is 1. The predicted molar refractivity (Wildman–Crippen MR) is 84.7 cm³/mol. The molecule has 0 fully saturated rings. The maximum Gasteiger partial charge on any atom is 0.185 e. The largest absolute Gasteiger partial charge is 0.497 e. The molecule has 5 heteroatoms. The molecule has 1 aromatic heterocycles. The molecule has 2 aromatic rings. The molecule has 108 valence electrons. The SMILES string of the molecule is CNCc1sc(N(C)Cc2cccc(OC)c2)nc1C. The zero-order chi connectivity index (χ0) is 14.5. The van der Waals surface area contributed by atoms with E-state index in [1.165, 1.54) is 10.4 Å². The average molecular weight is 291 g/mol. The summed E-state index contributed by atoms with van der Waals surface area (Å²) in [4.78, 5) is 8.10. The van der Waals surface area contributed by atoms with E-state index in [1.54, 1.807) is 18.4 Å². The first kappa shape index (κ1) is 14.8. The standard InChI is InChI=1S/C15H21N3OS/c1-11-14(9-16-2)20-15(17-11)18(3)10-12-6-5-7-13(8-12)19-4/h5-8,16H,9-10H2,1-4H3. The van der Waals surface area contributed by atoms with Gasteiger partial charge in [0.05, 0.1) is 12.8 Å². The van der Waals surface area contributed by atoms with Crippen molar-refractivity contribution in [2.45, 2.75) is 20.0 Å². The molecule has 20 heavy (non-hydrogen) atoms. The van der Waals surface area contributed by atoms with Gasteiger partial charge >= 0.3 is 0 Å². The van der Waals surface area contributed by atoms with Crippen LogP contribution >= 0.6 is 11.3 Å². The summed E-state index contributed by atoms with van der Waals surface area (Å²) in [6.07, 6.45) is 0. The summed E-state index contributed by atoms with van der Waals surface area (Å²) in [7, 11) is 5.72. The molecule has 0 amide bonds. The fourth-order valence-corrected chi connectivity index (χ4v) is 3.05. The van der Waals surface area contributed by atoms with Gasteiger partial charge in [-0.1, -0.05) is 12.1 Å². The summed E-state index contributed by atoms with van der Waals surface area (Å²) in [6, 6.07) is 8.14. The molecule has 0 aliphatic heterocycles. The fourth-order valence-electron chi connectivity index (χ4n) is 2.01. The molecular weight excluding hydrogens is 270 g/mol. The van der Waals surface area contributed by atoms with Crippen LogP contribution < -0.4 is 15.0 Å². The zero-order valence-corrected chi connectivity index (χ0v) is 13.3. The van der Waals surface area contributed by atoms with E-state index >= 15 is 0 Å². The van der Waals surface area contributed by atoms with Gasteiger partial charge in [0, 0.05) is 25.0 Å². The van der Waals surface area contributed by atoms with E-state index in [-0.39, 0.29) is 0 Å². The van der Waals surface area contributed by atoms with Crippen LogP contribution in [0.3, 0.4) is 0 Å². The molecule has 0 aliphatic carbocycles. The highest BCUT2D eigenvalue weighted by atomic mass is 32.1.